The number of aryl methyl sites for hydroxylation is 2. The summed E-state index contributed by atoms with van der Waals surface area (Å²) in [4.78, 5) is 26.0. The van der Waals surface area contributed by atoms with Crippen molar-refractivity contribution in [2.75, 3.05) is 6.54 Å². The Kier molecular flexibility index (Phi) is 3.41. The van der Waals surface area contributed by atoms with E-state index in [0.717, 1.165) is 43.3 Å². The van der Waals surface area contributed by atoms with Crippen molar-refractivity contribution in [2.45, 2.75) is 38.8 Å². The zero-order chi connectivity index (χ0) is 15.0. The van der Waals surface area contributed by atoms with E-state index in [4.69, 9.17) is 0 Å². The third kappa shape index (κ3) is 2.51. The van der Waals surface area contributed by atoms with E-state index < -0.39 is 0 Å². The number of hydrogen-bond acceptors (Lipinski definition) is 4. The third-order valence-electron chi connectivity index (χ3n) is 4.42. The van der Waals surface area contributed by atoms with Crippen LogP contribution in [0.1, 0.15) is 37.1 Å². The number of aromatic nitrogens is 4. The molecule has 1 fully saturated rings. The van der Waals surface area contributed by atoms with E-state index in [1.165, 1.54) is 6.07 Å². The van der Waals surface area contributed by atoms with E-state index in [-0.39, 0.29) is 11.1 Å². The highest BCUT2D eigenvalue weighted by atomic mass is 16.1. The highest BCUT2D eigenvalue weighted by molar-refractivity contribution is 5.12. The molecule has 6 heteroatoms. The summed E-state index contributed by atoms with van der Waals surface area (Å²) in [7, 11) is 2.00. The van der Waals surface area contributed by atoms with Gasteiger partial charge in [0.1, 0.15) is 11.6 Å². The molecule has 0 radical (unpaired) electrons. The Morgan fingerprint density at radius 3 is 2.95 bits per heavy atom. The first-order valence-corrected chi connectivity index (χ1v) is 7.29. The number of H-pyrrole nitrogens is 1. The molecule has 1 atom stereocenters. The van der Waals surface area contributed by atoms with E-state index >= 15 is 0 Å². The lowest BCUT2D eigenvalue weighted by Crippen LogP contribution is -2.41. The number of aromatic amines is 1. The minimum absolute atomic E-state index is 0.0810. The van der Waals surface area contributed by atoms with Crippen LogP contribution in [0.15, 0.2) is 23.3 Å². The van der Waals surface area contributed by atoms with Gasteiger partial charge < -0.3 is 9.55 Å². The molecule has 0 amide bonds. The lowest BCUT2D eigenvalue weighted by molar-refractivity contribution is 0.132. The molecule has 0 bridgehead atoms. The van der Waals surface area contributed by atoms with E-state index in [0.29, 0.717) is 0 Å². The lowest BCUT2D eigenvalue weighted by Gasteiger charge is -2.34. The van der Waals surface area contributed by atoms with Crippen LogP contribution in [0.4, 0.5) is 0 Å². The van der Waals surface area contributed by atoms with Gasteiger partial charge in [-0.3, -0.25) is 9.69 Å². The molecule has 1 saturated heterocycles. The standard InChI is InChI=1S/C15H21N5O/c1-11-9-13(21)18-14(17-11)15(2)5-4-7-20(15)10-12-16-6-8-19(12)3/h6,8-9H,4-5,7,10H2,1-3H3,(H,17,18,21)/t15-/m0/s1. The summed E-state index contributed by atoms with van der Waals surface area (Å²) in [6.07, 6.45) is 5.85. The van der Waals surface area contributed by atoms with E-state index in [1.54, 1.807) is 0 Å². The lowest BCUT2D eigenvalue weighted by atomic mass is 9.97. The number of nitrogens with zero attached hydrogens (tertiary/aromatic N) is 4. The summed E-state index contributed by atoms with van der Waals surface area (Å²) in [6.45, 7) is 5.76. The number of likely N-dealkylation sites (tertiary alicyclic amines) is 1. The van der Waals surface area contributed by atoms with Gasteiger partial charge in [-0.15, -0.1) is 0 Å². The van der Waals surface area contributed by atoms with Crippen molar-refractivity contribution < 1.29 is 0 Å². The average molecular weight is 287 g/mol. The second-order valence-corrected chi connectivity index (χ2v) is 5.99. The second kappa shape index (κ2) is 5.11. The molecule has 1 N–H and O–H groups in total. The van der Waals surface area contributed by atoms with Crippen LogP contribution >= 0.6 is 0 Å². The van der Waals surface area contributed by atoms with Gasteiger partial charge in [0, 0.05) is 31.2 Å². The largest absolute Gasteiger partial charge is 0.337 e. The van der Waals surface area contributed by atoms with Crippen LogP contribution < -0.4 is 5.56 Å². The van der Waals surface area contributed by atoms with Crippen LogP contribution in [-0.2, 0) is 19.1 Å². The molecule has 3 heterocycles. The van der Waals surface area contributed by atoms with Crippen LogP contribution in [0.5, 0.6) is 0 Å². The van der Waals surface area contributed by atoms with Crippen molar-refractivity contribution in [3.63, 3.8) is 0 Å². The van der Waals surface area contributed by atoms with E-state index in [1.807, 2.05) is 30.9 Å². The van der Waals surface area contributed by atoms with Crippen molar-refractivity contribution in [3.8, 4) is 0 Å². The molecular weight excluding hydrogens is 266 g/mol. The van der Waals surface area contributed by atoms with Gasteiger partial charge in [-0.05, 0) is 33.2 Å². The number of rotatable bonds is 3. The molecule has 6 nitrogen and oxygen atoms in total. The summed E-state index contributed by atoms with van der Waals surface area (Å²) >= 11 is 0. The maximum absolute atomic E-state index is 11.8. The predicted octanol–water partition coefficient (Wildman–Crippen LogP) is 1.32. The number of imidazole rings is 1. The fraction of sp³-hybridized carbons (Fsp3) is 0.533. The smallest absolute Gasteiger partial charge is 0.251 e. The average Bonchev–Trinajstić information content (AvgIpc) is 2.98. The fourth-order valence-corrected chi connectivity index (χ4v) is 3.09. The third-order valence-corrected chi connectivity index (χ3v) is 4.42. The van der Waals surface area contributed by atoms with Crippen LogP contribution in [-0.4, -0.2) is 31.0 Å². The van der Waals surface area contributed by atoms with E-state index in [2.05, 4.69) is 26.8 Å². The molecule has 2 aromatic heterocycles. The fourth-order valence-electron chi connectivity index (χ4n) is 3.09. The molecular formula is C15H21N5O. The molecule has 1 aliphatic rings. The molecule has 1 aliphatic heterocycles. The minimum Gasteiger partial charge on any atom is -0.337 e. The quantitative estimate of drug-likeness (QED) is 0.924. The van der Waals surface area contributed by atoms with Gasteiger partial charge >= 0.3 is 0 Å². The monoisotopic (exact) mass is 287 g/mol. The summed E-state index contributed by atoms with van der Waals surface area (Å²) < 4.78 is 2.03. The van der Waals surface area contributed by atoms with Crippen LogP contribution in [0.2, 0.25) is 0 Å². The zero-order valence-electron chi connectivity index (χ0n) is 12.8. The van der Waals surface area contributed by atoms with Gasteiger partial charge in [0.2, 0.25) is 0 Å². The van der Waals surface area contributed by atoms with Crippen LogP contribution in [0.25, 0.3) is 0 Å². The molecule has 0 spiro atoms. The van der Waals surface area contributed by atoms with Gasteiger partial charge in [0.15, 0.2) is 0 Å². The topological polar surface area (TPSA) is 66.8 Å². The summed E-state index contributed by atoms with van der Waals surface area (Å²) in [6, 6.07) is 1.53. The molecule has 0 aromatic carbocycles. The first-order chi connectivity index (χ1) is 9.99. The first kappa shape index (κ1) is 14.0. The molecule has 21 heavy (non-hydrogen) atoms. The van der Waals surface area contributed by atoms with Gasteiger partial charge in [-0.2, -0.15) is 0 Å². The van der Waals surface area contributed by atoms with Gasteiger partial charge in [0.05, 0.1) is 12.1 Å². The number of hydrogen-bond donors (Lipinski definition) is 1. The Bertz CT molecular complexity index is 704. The molecule has 0 saturated carbocycles. The molecule has 112 valence electrons. The highest BCUT2D eigenvalue weighted by Crippen LogP contribution is 2.37. The normalized spacial score (nSPS) is 22.8. The van der Waals surface area contributed by atoms with Crippen LogP contribution in [0, 0.1) is 6.92 Å². The molecule has 0 unspecified atom stereocenters. The molecule has 3 rings (SSSR count). The van der Waals surface area contributed by atoms with Gasteiger partial charge in [0.25, 0.3) is 5.56 Å². The Balaban J connectivity index is 1.94. The highest BCUT2D eigenvalue weighted by Gasteiger charge is 2.40. The van der Waals surface area contributed by atoms with Gasteiger partial charge in [-0.1, -0.05) is 0 Å². The maximum atomic E-state index is 11.8. The minimum atomic E-state index is -0.239. The molecule has 2 aromatic rings. The Labute approximate surface area is 123 Å². The summed E-state index contributed by atoms with van der Waals surface area (Å²) in [5.74, 6) is 1.79. The van der Waals surface area contributed by atoms with Crippen molar-refractivity contribution in [1.82, 2.24) is 24.4 Å². The first-order valence-electron chi connectivity index (χ1n) is 7.29. The van der Waals surface area contributed by atoms with Crippen molar-refractivity contribution >= 4 is 0 Å². The predicted molar refractivity (Wildman–Crippen MR) is 79.8 cm³/mol. The van der Waals surface area contributed by atoms with Crippen LogP contribution in [0.3, 0.4) is 0 Å². The van der Waals surface area contributed by atoms with Crippen molar-refractivity contribution in [2.24, 2.45) is 7.05 Å². The second-order valence-electron chi connectivity index (χ2n) is 5.99. The zero-order valence-corrected chi connectivity index (χ0v) is 12.8. The number of nitrogens with one attached hydrogen (secondary N) is 1. The van der Waals surface area contributed by atoms with Crippen molar-refractivity contribution in [1.29, 1.82) is 0 Å². The Morgan fingerprint density at radius 2 is 2.29 bits per heavy atom. The SMILES string of the molecule is Cc1cc(=O)[nH]c([C@]2(C)CCCN2Cc2nccn2C)n1. The Morgan fingerprint density at radius 1 is 1.48 bits per heavy atom. The van der Waals surface area contributed by atoms with Crippen molar-refractivity contribution in [3.05, 3.63) is 46.2 Å². The van der Waals surface area contributed by atoms with E-state index in [9.17, 15) is 4.79 Å². The summed E-state index contributed by atoms with van der Waals surface area (Å²) in [5.41, 5.74) is 0.443. The Hall–Kier alpha value is -1.95. The summed E-state index contributed by atoms with van der Waals surface area (Å²) in [5, 5.41) is 0. The molecule has 0 aliphatic carbocycles. The van der Waals surface area contributed by atoms with Gasteiger partial charge in [-0.25, -0.2) is 9.97 Å². The maximum Gasteiger partial charge on any atom is 0.251 e.